The molecule has 2 rings (SSSR count). The van der Waals surface area contributed by atoms with Crippen molar-refractivity contribution in [2.45, 2.75) is 58.0 Å². The number of amides is 2. The lowest BCUT2D eigenvalue weighted by atomic mass is 9.86. The minimum Gasteiger partial charge on any atom is -0.396 e. The summed E-state index contributed by atoms with van der Waals surface area (Å²) < 4.78 is 0. The third-order valence-electron chi connectivity index (χ3n) is 5.12. The molecule has 5 nitrogen and oxygen atoms in total. The number of hydrogen-bond donors (Lipinski definition) is 3. The van der Waals surface area contributed by atoms with Crippen molar-refractivity contribution in [3.63, 3.8) is 0 Å². The van der Waals surface area contributed by atoms with Gasteiger partial charge in [0.15, 0.2) is 0 Å². The Bertz CT molecular complexity index is 329. The third-order valence-corrected chi connectivity index (χ3v) is 5.12. The van der Waals surface area contributed by atoms with Crippen molar-refractivity contribution in [2.75, 3.05) is 26.2 Å². The molecular weight excluding hydrogens is 254 g/mol. The molecule has 2 amide bonds. The lowest BCUT2D eigenvalue weighted by molar-refractivity contribution is 0.120. The van der Waals surface area contributed by atoms with Crippen LogP contribution in [0.1, 0.15) is 46.0 Å². The van der Waals surface area contributed by atoms with Gasteiger partial charge in [0, 0.05) is 30.6 Å². The van der Waals surface area contributed by atoms with Crippen LogP contribution in [-0.4, -0.2) is 54.4 Å². The van der Waals surface area contributed by atoms with Crippen molar-refractivity contribution < 1.29 is 9.90 Å². The zero-order chi connectivity index (χ0) is 14.6. The molecule has 0 aromatic heterocycles. The highest BCUT2D eigenvalue weighted by Crippen LogP contribution is 2.37. The second-order valence-electron chi connectivity index (χ2n) is 6.58. The first-order valence-corrected chi connectivity index (χ1v) is 7.97. The minimum absolute atomic E-state index is 0.0634. The van der Waals surface area contributed by atoms with Crippen LogP contribution in [0.3, 0.4) is 0 Å². The highest BCUT2D eigenvalue weighted by molar-refractivity contribution is 5.74. The number of piperidine rings is 1. The summed E-state index contributed by atoms with van der Waals surface area (Å²) in [5.41, 5.74) is -0.150. The number of carbonyl (C=O) groups is 1. The molecule has 0 aromatic carbocycles. The molecule has 3 N–H and O–H groups in total. The topological polar surface area (TPSA) is 64.6 Å². The molecule has 5 heteroatoms. The number of aliphatic hydroxyl groups excluding tert-OH is 1. The van der Waals surface area contributed by atoms with E-state index in [2.05, 4.69) is 29.4 Å². The molecule has 116 valence electrons. The molecule has 0 bridgehead atoms. The maximum Gasteiger partial charge on any atom is 0.315 e. The third kappa shape index (κ3) is 3.64. The van der Waals surface area contributed by atoms with E-state index in [9.17, 15) is 9.90 Å². The van der Waals surface area contributed by atoms with Crippen molar-refractivity contribution >= 4 is 6.03 Å². The summed E-state index contributed by atoms with van der Waals surface area (Å²) in [5.74, 6) is 0. The zero-order valence-electron chi connectivity index (χ0n) is 12.8. The van der Waals surface area contributed by atoms with Crippen LogP contribution in [0, 0.1) is 5.41 Å². The lowest BCUT2D eigenvalue weighted by Crippen LogP contribution is -2.52. The summed E-state index contributed by atoms with van der Waals surface area (Å²) in [6, 6.07) is 0.328. The smallest absolute Gasteiger partial charge is 0.315 e. The van der Waals surface area contributed by atoms with E-state index in [0.717, 1.165) is 51.7 Å². The molecule has 0 radical (unpaired) electrons. The van der Waals surface area contributed by atoms with Crippen LogP contribution in [0.15, 0.2) is 0 Å². The first-order chi connectivity index (χ1) is 9.57. The van der Waals surface area contributed by atoms with Crippen LogP contribution in [0.4, 0.5) is 4.79 Å². The molecule has 2 unspecified atom stereocenters. The summed E-state index contributed by atoms with van der Waals surface area (Å²) in [7, 11) is 0. The molecule has 0 aromatic rings. The molecule has 1 heterocycles. The summed E-state index contributed by atoms with van der Waals surface area (Å²) in [6.07, 6.45) is 5.10. The van der Waals surface area contributed by atoms with E-state index in [1.54, 1.807) is 0 Å². The molecule has 20 heavy (non-hydrogen) atoms. The fourth-order valence-corrected chi connectivity index (χ4v) is 3.45. The molecule has 2 fully saturated rings. The van der Waals surface area contributed by atoms with Crippen LogP contribution < -0.4 is 10.6 Å². The fourth-order valence-electron chi connectivity index (χ4n) is 3.45. The molecule has 2 aliphatic rings. The van der Waals surface area contributed by atoms with Crippen molar-refractivity contribution in [3.8, 4) is 0 Å². The Morgan fingerprint density at radius 1 is 1.30 bits per heavy atom. The number of likely N-dealkylation sites (tertiary alicyclic amines) is 1. The van der Waals surface area contributed by atoms with E-state index in [4.69, 9.17) is 0 Å². The quantitative estimate of drug-likeness (QED) is 0.729. The minimum atomic E-state index is -0.150. The monoisotopic (exact) mass is 283 g/mol. The van der Waals surface area contributed by atoms with Crippen molar-refractivity contribution in [3.05, 3.63) is 0 Å². The average molecular weight is 283 g/mol. The van der Waals surface area contributed by atoms with Crippen molar-refractivity contribution in [1.82, 2.24) is 15.5 Å². The molecular formula is C15H29N3O2. The number of carbonyl (C=O) groups excluding carboxylic acids is 1. The number of nitrogens with one attached hydrogen (secondary N) is 2. The molecule has 1 aliphatic heterocycles. The molecule has 0 spiro atoms. The first-order valence-electron chi connectivity index (χ1n) is 7.97. The number of rotatable bonds is 4. The Labute approximate surface area is 122 Å². The Balaban J connectivity index is 1.76. The van der Waals surface area contributed by atoms with Gasteiger partial charge in [0.05, 0.1) is 6.61 Å². The normalized spacial score (nSPS) is 32.2. The average Bonchev–Trinajstić information content (AvgIpc) is 2.81. The first kappa shape index (κ1) is 15.6. The van der Waals surface area contributed by atoms with Crippen LogP contribution >= 0.6 is 0 Å². The molecule has 1 aliphatic carbocycles. The summed E-state index contributed by atoms with van der Waals surface area (Å²) in [4.78, 5) is 14.5. The maximum atomic E-state index is 12.1. The second-order valence-corrected chi connectivity index (χ2v) is 6.58. The van der Waals surface area contributed by atoms with Crippen molar-refractivity contribution in [2.24, 2.45) is 5.41 Å². The van der Waals surface area contributed by atoms with Gasteiger partial charge in [-0.05, 0) is 32.2 Å². The largest absolute Gasteiger partial charge is 0.396 e. The molecule has 2 atom stereocenters. The number of hydrogen-bond acceptors (Lipinski definition) is 3. The van der Waals surface area contributed by atoms with E-state index in [1.807, 2.05) is 0 Å². The van der Waals surface area contributed by atoms with Gasteiger partial charge >= 0.3 is 6.03 Å². The van der Waals surface area contributed by atoms with Crippen LogP contribution in [0.5, 0.6) is 0 Å². The predicted octanol–water partition coefficient (Wildman–Crippen LogP) is 1.32. The highest BCUT2D eigenvalue weighted by Gasteiger charge is 2.39. The maximum absolute atomic E-state index is 12.1. The van der Waals surface area contributed by atoms with E-state index in [-0.39, 0.29) is 24.1 Å². The number of aliphatic hydroxyl groups is 1. The summed E-state index contributed by atoms with van der Waals surface area (Å²) in [5, 5.41) is 15.7. The Morgan fingerprint density at radius 3 is 2.60 bits per heavy atom. The van der Waals surface area contributed by atoms with Crippen LogP contribution in [0.2, 0.25) is 0 Å². The van der Waals surface area contributed by atoms with Gasteiger partial charge in [0.1, 0.15) is 0 Å². The zero-order valence-corrected chi connectivity index (χ0v) is 12.8. The van der Waals surface area contributed by atoms with Gasteiger partial charge < -0.3 is 20.6 Å². The van der Waals surface area contributed by atoms with Gasteiger partial charge in [-0.25, -0.2) is 4.79 Å². The SMILES string of the molecule is CCN1CCC(NC(=O)NC2CCCC2(C)CO)CC1. The summed E-state index contributed by atoms with van der Waals surface area (Å²) in [6.45, 7) is 7.61. The van der Waals surface area contributed by atoms with E-state index >= 15 is 0 Å². The summed E-state index contributed by atoms with van der Waals surface area (Å²) >= 11 is 0. The van der Waals surface area contributed by atoms with E-state index in [1.165, 1.54) is 0 Å². The van der Waals surface area contributed by atoms with Gasteiger partial charge in [-0.3, -0.25) is 0 Å². The molecule has 1 saturated carbocycles. The molecule has 1 saturated heterocycles. The van der Waals surface area contributed by atoms with Gasteiger partial charge in [0.2, 0.25) is 0 Å². The van der Waals surface area contributed by atoms with E-state index < -0.39 is 0 Å². The second kappa shape index (κ2) is 6.76. The van der Waals surface area contributed by atoms with Gasteiger partial charge in [-0.1, -0.05) is 20.3 Å². The lowest BCUT2D eigenvalue weighted by Gasteiger charge is -2.33. The Hall–Kier alpha value is -0.810. The predicted molar refractivity (Wildman–Crippen MR) is 79.6 cm³/mol. The number of nitrogens with zero attached hydrogens (tertiary/aromatic N) is 1. The van der Waals surface area contributed by atoms with Crippen LogP contribution in [0.25, 0.3) is 0 Å². The Morgan fingerprint density at radius 2 is 2.00 bits per heavy atom. The van der Waals surface area contributed by atoms with Gasteiger partial charge in [-0.15, -0.1) is 0 Å². The highest BCUT2D eigenvalue weighted by atomic mass is 16.3. The van der Waals surface area contributed by atoms with E-state index in [0.29, 0.717) is 6.04 Å². The van der Waals surface area contributed by atoms with Gasteiger partial charge in [0.25, 0.3) is 0 Å². The Kier molecular flexibility index (Phi) is 5.27. The number of urea groups is 1. The standard InChI is InChI=1S/C15H29N3O2/c1-3-18-9-6-12(7-10-18)16-14(20)17-13-5-4-8-15(13,2)11-19/h12-13,19H,3-11H2,1-2H3,(H2,16,17,20). The fraction of sp³-hybridized carbons (Fsp3) is 0.933. The van der Waals surface area contributed by atoms with Crippen molar-refractivity contribution in [1.29, 1.82) is 0 Å². The van der Waals surface area contributed by atoms with Gasteiger partial charge in [-0.2, -0.15) is 0 Å². The van der Waals surface area contributed by atoms with Crippen LogP contribution in [-0.2, 0) is 0 Å².